The van der Waals surface area contributed by atoms with Crippen molar-refractivity contribution >= 4 is 23.6 Å². The Hall–Kier alpha value is -3.19. The highest BCUT2D eigenvalue weighted by molar-refractivity contribution is 7.99. The smallest absolute Gasteiger partial charge is 0.233 e. The summed E-state index contributed by atoms with van der Waals surface area (Å²) in [4.78, 5) is 16.9. The van der Waals surface area contributed by atoms with E-state index in [1.165, 1.54) is 18.2 Å². The van der Waals surface area contributed by atoms with Crippen LogP contribution in [-0.2, 0) is 17.9 Å². The van der Waals surface area contributed by atoms with E-state index in [1.807, 2.05) is 22.8 Å². The van der Waals surface area contributed by atoms with E-state index in [9.17, 15) is 4.79 Å². The molecule has 32 heavy (non-hydrogen) atoms. The first-order chi connectivity index (χ1) is 15.7. The molecule has 0 spiro atoms. The van der Waals surface area contributed by atoms with E-state index in [0.717, 1.165) is 37.6 Å². The molecule has 0 unspecified atom stereocenters. The number of amides is 1. The number of piperidine rings is 1. The van der Waals surface area contributed by atoms with E-state index in [0.29, 0.717) is 30.6 Å². The standard InChI is InChI=1S/C22H26N6O3S/c23-9-6-12-27(15-18-7-4-13-30-18)20(29)17-32-22-25-24-21(26-10-2-1-3-11-26)28(22)16-19-8-5-14-31-19/h4-5,7-8,13-14H,1-3,6,10-12,15-17H2. The van der Waals surface area contributed by atoms with Gasteiger partial charge in [-0.2, -0.15) is 5.26 Å². The molecule has 168 valence electrons. The van der Waals surface area contributed by atoms with Crippen LogP contribution in [0.4, 0.5) is 5.95 Å². The predicted octanol–water partition coefficient (Wildman–Crippen LogP) is 3.54. The molecule has 0 saturated carbocycles. The highest BCUT2D eigenvalue weighted by Crippen LogP contribution is 2.26. The fraction of sp³-hybridized carbons (Fsp3) is 0.455. The Morgan fingerprint density at radius 2 is 1.88 bits per heavy atom. The maximum Gasteiger partial charge on any atom is 0.233 e. The maximum atomic E-state index is 13.0. The lowest BCUT2D eigenvalue weighted by Gasteiger charge is -2.27. The summed E-state index contributed by atoms with van der Waals surface area (Å²) < 4.78 is 13.0. The van der Waals surface area contributed by atoms with Crippen LogP contribution < -0.4 is 4.90 Å². The molecule has 9 nitrogen and oxygen atoms in total. The molecular weight excluding hydrogens is 428 g/mol. The molecule has 1 amide bonds. The molecule has 1 aliphatic heterocycles. The van der Waals surface area contributed by atoms with Gasteiger partial charge in [-0.05, 0) is 43.5 Å². The normalized spacial score (nSPS) is 13.8. The summed E-state index contributed by atoms with van der Waals surface area (Å²) in [7, 11) is 0. The lowest BCUT2D eigenvalue weighted by molar-refractivity contribution is -0.129. The van der Waals surface area contributed by atoms with Crippen LogP contribution >= 0.6 is 11.8 Å². The molecule has 0 aliphatic carbocycles. The Labute approximate surface area is 191 Å². The van der Waals surface area contributed by atoms with Crippen molar-refractivity contribution in [2.45, 2.75) is 43.9 Å². The van der Waals surface area contributed by atoms with Gasteiger partial charge in [0.2, 0.25) is 11.9 Å². The zero-order valence-corrected chi connectivity index (χ0v) is 18.7. The number of hydrogen-bond donors (Lipinski definition) is 0. The van der Waals surface area contributed by atoms with Gasteiger partial charge in [0, 0.05) is 19.6 Å². The molecule has 4 rings (SSSR count). The molecule has 1 aliphatic rings. The van der Waals surface area contributed by atoms with Crippen molar-refractivity contribution in [1.82, 2.24) is 19.7 Å². The zero-order chi connectivity index (χ0) is 22.2. The summed E-state index contributed by atoms with van der Waals surface area (Å²) >= 11 is 1.35. The molecule has 0 atom stereocenters. The topological polar surface area (TPSA) is 104 Å². The average molecular weight is 455 g/mol. The molecule has 10 heteroatoms. The van der Waals surface area contributed by atoms with E-state index in [2.05, 4.69) is 21.2 Å². The van der Waals surface area contributed by atoms with Crippen molar-refractivity contribution < 1.29 is 13.6 Å². The van der Waals surface area contributed by atoms with Gasteiger partial charge in [0.25, 0.3) is 0 Å². The molecule has 1 fully saturated rings. The zero-order valence-electron chi connectivity index (χ0n) is 17.9. The molecule has 0 aromatic carbocycles. The first-order valence-electron chi connectivity index (χ1n) is 10.7. The van der Waals surface area contributed by atoms with Crippen molar-refractivity contribution in [1.29, 1.82) is 5.26 Å². The number of aromatic nitrogens is 3. The molecular formula is C22H26N6O3S. The van der Waals surface area contributed by atoms with Crippen LogP contribution in [0.2, 0.25) is 0 Å². The fourth-order valence-corrected chi connectivity index (χ4v) is 4.53. The Balaban J connectivity index is 1.47. The third-order valence-corrected chi connectivity index (χ3v) is 6.28. The number of furan rings is 2. The van der Waals surface area contributed by atoms with Gasteiger partial charge in [0.15, 0.2) is 5.16 Å². The van der Waals surface area contributed by atoms with E-state index < -0.39 is 0 Å². The molecule has 0 radical (unpaired) electrons. The van der Waals surface area contributed by atoms with Gasteiger partial charge >= 0.3 is 0 Å². The molecule has 4 heterocycles. The number of nitriles is 1. The summed E-state index contributed by atoms with van der Waals surface area (Å²) in [6.07, 6.45) is 7.00. The third kappa shape index (κ3) is 5.53. The van der Waals surface area contributed by atoms with Crippen LogP contribution in [0.25, 0.3) is 0 Å². The first kappa shape index (κ1) is 22.0. The molecule has 0 bridgehead atoms. The summed E-state index contributed by atoms with van der Waals surface area (Å²) in [5.41, 5.74) is 0. The van der Waals surface area contributed by atoms with Crippen molar-refractivity contribution in [3.63, 3.8) is 0 Å². The molecule has 0 N–H and O–H groups in total. The number of thioether (sulfide) groups is 1. The summed E-state index contributed by atoms with van der Waals surface area (Å²) in [6, 6.07) is 9.50. The SMILES string of the molecule is N#CCCN(Cc1ccco1)C(=O)CSc1nnc(N2CCCCC2)n1Cc1ccco1. The lowest BCUT2D eigenvalue weighted by Crippen LogP contribution is -2.33. The Kier molecular flexibility index (Phi) is 7.51. The van der Waals surface area contributed by atoms with Gasteiger partial charge in [-0.15, -0.1) is 10.2 Å². The second-order valence-electron chi connectivity index (χ2n) is 7.59. The van der Waals surface area contributed by atoms with Crippen LogP contribution in [0.5, 0.6) is 0 Å². The molecule has 1 saturated heterocycles. The molecule has 3 aromatic heterocycles. The van der Waals surface area contributed by atoms with Crippen LogP contribution in [0.15, 0.2) is 50.8 Å². The van der Waals surface area contributed by atoms with E-state index in [-0.39, 0.29) is 18.1 Å². The highest BCUT2D eigenvalue weighted by Gasteiger charge is 2.23. The van der Waals surface area contributed by atoms with E-state index in [1.54, 1.807) is 23.5 Å². The van der Waals surface area contributed by atoms with Gasteiger partial charge in [-0.3, -0.25) is 9.36 Å². The number of carbonyl (C=O) groups is 1. The summed E-state index contributed by atoms with van der Waals surface area (Å²) in [5.74, 6) is 2.43. The largest absolute Gasteiger partial charge is 0.467 e. The number of rotatable bonds is 10. The van der Waals surface area contributed by atoms with Crippen LogP contribution in [0.3, 0.4) is 0 Å². The second kappa shape index (κ2) is 10.9. The summed E-state index contributed by atoms with van der Waals surface area (Å²) in [5, 5.41) is 18.5. The van der Waals surface area contributed by atoms with Crippen molar-refractivity contribution in [2.75, 3.05) is 30.3 Å². The predicted molar refractivity (Wildman–Crippen MR) is 119 cm³/mol. The Bertz CT molecular complexity index is 1020. The number of anilines is 1. The summed E-state index contributed by atoms with van der Waals surface area (Å²) in [6.45, 7) is 3.10. The minimum absolute atomic E-state index is 0.0753. The quantitative estimate of drug-likeness (QED) is 0.429. The van der Waals surface area contributed by atoms with Gasteiger partial charge in [-0.1, -0.05) is 11.8 Å². The van der Waals surface area contributed by atoms with Crippen molar-refractivity contribution in [3.8, 4) is 6.07 Å². The van der Waals surface area contributed by atoms with Gasteiger partial charge in [0.05, 0.1) is 43.9 Å². The monoisotopic (exact) mass is 454 g/mol. The number of nitrogens with zero attached hydrogens (tertiary/aromatic N) is 6. The van der Waals surface area contributed by atoms with Crippen LogP contribution in [0.1, 0.15) is 37.2 Å². The van der Waals surface area contributed by atoms with Crippen LogP contribution in [0, 0.1) is 11.3 Å². The maximum absolute atomic E-state index is 13.0. The minimum atomic E-state index is -0.0753. The van der Waals surface area contributed by atoms with Crippen molar-refractivity contribution in [2.24, 2.45) is 0 Å². The third-order valence-electron chi connectivity index (χ3n) is 5.33. The van der Waals surface area contributed by atoms with Gasteiger partial charge in [0.1, 0.15) is 11.5 Å². The Morgan fingerprint density at radius 3 is 2.56 bits per heavy atom. The van der Waals surface area contributed by atoms with Crippen LogP contribution in [-0.4, -0.2) is 51.0 Å². The van der Waals surface area contributed by atoms with E-state index in [4.69, 9.17) is 14.1 Å². The molecule has 3 aromatic rings. The highest BCUT2D eigenvalue weighted by atomic mass is 32.2. The van der Waals surface area contributed by atoms with Gasteiger partial charge in [-0.25, -0.2) is 0 Å². The number of hydrogen-bond acceptors (Lipinski definition) is 8. The second-order valence-corrected chi connectivity index (χ2v) is 8.53. The number of carbonyl (C=O) groups excluding carboxylic acids is 1. The van der Waals surface area contributed by atoms with Gasteiger partial charge < -0.3 is 18.6 Å². The first-order valence-corrected chi connectivity index (χ1v) is 11.7. The Morgan fingerprint density at radius 1 is 1.12 bits per heavy atom. The lowest BCUT2D eigenvalue weighted by atomic mass is 10.1. The van der Waals surface area contributed by atoms with E-state index >= 15 is 0 Å². The minimum Gasteiger partial charge on any atom is -0.467 e. The average Bonchev–Trinajstić information content (AvgIpc) is 3.59. The van der Waals surface area contributed by atoms with Crippen molar-refractivity contribution in [3.05, 3.63) is 48.3 Å². The fourth-order valence-electron chi connectivity index (χ4n) is 3.70.